The van der Waals surface area contributed by atoms with E-state index >= 15 is 0 Å². The van der Waals surface area contributed by atoms with Crippen molar-refractivity contribution in [2.75, 3.05) is 0 Å². The van der Waals surface area contributed by atoms with E-state index in [0.29, 0.717) is 0 Å². The van der Waals surface area contributed by atoms with Gasteiger partial charge in [0.25, 0.3) is 0 Å². The number of hydrogen-bond donors (Lipinski definition) is 2. The fourth-order valence-corrected chi connectivity index (χ4v) is 0. The quantitative estimate of drug-likeness (QED) is 0.332. The van der Waals surface area contributed by atoms with Crippen LogP contribution in [0.3, 0.4) is 0 Å². The van der Waals surface area contributed by atoms with Crippen LogP contribution in [0.25, 0.3) is 0 Å². The molecule has 5 heavy (non-hydrogen) atoms. The van der Waals surface area contributed by atoms with Gasteiger partial charge in [-0.15, -0.1) is 0 Å². The molecule has 0 rings (SSSR count). The SMILES string of the molecule is [CH2-]O.[CH2-]O.[Ca+2]. The molecule has 0 unspecified atom stereocenters. The Morgan fingerprint density at radius 1 is 0.800 bits per heavy atom. The first-order valence-corrected chi connectivity index (χ1v) is 0.632. The van der Waals surface area contributed by atoms with Crippen LogP contribution in [0.4, 0.5) is 0 Å². The van der Waals surface area contributed by atoms with Crippen LogP contribution < -0.4 is 0 Å². The van der Waals surface area contributed by atoms with Crippen molar-refractivity contribution in [2.24, 2.45) is 0 Å². The van der Waals surface area contributed by atoms with Gasteiger partial charge in [-0.05, 0) is 0 Å². The molecule has 0 saturated heterocycles. The average molecular weight is 102 g/mol. The number of aliphatic hydroxyl groups excluding tert-OH is 2. The summed E-state index contributed by atoms with van der Waals surface area (Å²) in [6.07, 6.45) is 0. The third-order valence-corrected chi connectivity index (χ3v) is 0. The van der Waals surface area contributed by atoms with Crippen LogP contribution in [0.2, 0.25) is 0 Å². The molecule has 0 aromatic rings. The first-order chi connectivity index (χ1) is 2.00. The maximum atomic E-state index is 6.75. The van der Waals surface area contributed by atoms with Crippen molar-refractivity contribution in [2.45, 2.75) is 0 Å². The van der Waals surface area contributed by atoms with Crippen molar-refractivity contribution in [3.63, 3.8) is 0 Å². The average Bonchev–Trinajstić information content (AvgIpc) is 1.50. The summed E-state index contributed by atoms with van der Waals surface area (Å²) in [5.74, 6) is 0. The summed E-state index contributed by atoms with van der Waals surface area (Å²) >= 11 is 0. The molecule has 2 nitrogen and oxygen atoms in total. The minimum Gasteiger partial charge on any atom is -0.569 e. The first kappa shape index (κ1) is 16.4. The molecule has 0 spiro atoms. The predicted molar refractivity (Wildman–Crippen MR) is 20.3 cm³/mol. The van der Waals surface area contributed by atoms with Crippen LogP contribution in [0.5, 0.6) is 0 Å². The smallest absolute Gasteiger partial charge is 0.569 e. The summed E-state index contributed by atoms with van der Waals surface area (Å²) in [5.41, 5.74) is 0. The Morgan fingerprint density at radius 2 is 0.800 bits per heavy atom. The normalized spacial score (nSPS) is 2.40. The summed E-state index contributed by atoms with van der Waals surface area (Å²) in [4.78, 5) is 0. The summed E-state index contributed by atoms with van der Waals surface area (Å²) in [6, 6.07) is 0. The van der Waals surface area contributed by atoms with Gasteiger partial charge in [0, 0.05) is 0 Å². The topological polar surface area (TPSA) is 40.5 Å². The molecular weight excluding hydrogens is 96.1 g/mol. The monoisotopic (exact) mass is 102 g/mol. The molecule has 0 aromatic carbocycles. The Kier molecular flexibility index (Phi) is 213. The largest absolute Gasteiger partial charge is 2.00 e. The molecule has 0 saturated carbocycles. The Bertz CT molecular complexity index is 7.61. The molecule has 0 aliphatic carbocycles. The van der Waals surface area contributed by atoms with Gasteiger partial charge in [-0.3, -0.25) is 0 Å². The summed E-state index contributed by atoms with van der Waals surface area (Å²) < 4.78 is 0. The van der Waals surface area contributed by atoms with Gasteiger partial charge in [0.15, 0.2) is 0 Å². The molecule has 0 amide bonds. The van der Waals surface area contributed by atoms with E-state index in [1.54, 1.807) is 0 Å². The van der Waals surface area contributed by atoms with Crippen LogP contribution >= 0.6 is 0 Å². The van der Waals surface area contributed by atoms with Crippen molar-refractivity contribution in [3.8, 4) is 0 Å². The van der Waals surface area contributed by atoms with E-state index in [0.717, 1.165) is 0 Å². The third kappa shape index (κ3) is 37.6. The van der Waals surface area contributed by atoms with Crippen molar-refractivity contribution in [3.05, 3.63) is 14.2 Å². The fraction of sp³-hybridized carbons (Fsp3) is 0. The van der Waals surface area contributed by atoms with E-state index in [2.05, 4.69) is 14.2 Å². The van der Waals surface area contributed by atoms with E-state index in [1.165, 1.54) is 0 Å². The van der Waals surface area contributed by atoms with Gasteiger partial charge in [-0.1, -0.05) is 0 Å². The van der Waals surface area contributed by atoms with E-state index in [1.807, 2.05) is 0 Å². The molecule has 28 valence electrons. The Morgan fingerprint density at radius 3 is 0.800 bits per heavy atom. The molecule has 0 bridgehead atoms. The molecule has 0 aromatic heterocycles. The summed E-state index contributed by atoms with van der Waals surface area (Å²) in [5, 5.41) is 13.5. The van der Waals surface area contributed by atoms with Gasteiger partial charge in [0.05, 0.1) is 0 Å². The molecule has 2 N–H and O–H groups in total. The molecule has 0 heterocycles. The summed E-state index contributed by atoms with van der Waals surface area (Å²) in [6.45, 7) is 0. The summed E-state index contributed by atoms with van der Waals surface area (Å²) in [7, 11) is 4.50. The zero-order valence-electron chi connectivity index (χ0n) is 3.02. The van der Waals surface area contributed by atoms with E-state index in [4.69, 9.17) is 10.2 Å². The Balaban J connectivity index is -0.0000000133. The van der Waals surface area contributed by atoms with Crippen molar-refractivity contribution >= 4 is 37.7 Å². The van der Waals surface area contributed by atoms with E-state index < -0.39 is 0 Å². The predicted octanol–water partition coefficient (Wildman–Crippen LogP) is -0.0798. The van der Waals surface area contributed by atoms with Gasteiger partial charge < -0.3 is 10.2 Å². The van der Waals surface area contributed by atoms with Gasteiger partial charge >= 0.3 is 37.7 Å². The zero-order chi connectivity index (χ0) is 4.00. The Labute approximate surface area is 61.8 Å². The van der Waals surface area contributed by atoms with Crippen molar-refractivity contribution in [1.29, 1.82) is 0 Å². The van der Waals surface area contributed by atoms with Crippen LogP contribution in [0, 0.1) is 14.2 Å². The second-order valence-electron chi connectivity index (χ2n) is 0. The van der Waals surface area contributed by atoms with Gasteiger partial charge in [-0.2, -0.15) is 0 Å². The van der Waals surface area contributed by atoms with Crippen LogP contribution in [-0.4, -0.2) is 48.0 Å². The standard InChI is InChI=1S/2CH3O.Ca/c2*1-2;/h2*2H,1H2;/q2*-1;+2. The molecule has 0 fully saturated rings. The number of aliphatic hydroxyl groups is 2. The van der Waals surface area contributed by atoms with Crippen LogP contribution in [0.15, 0.2) is 0 Å². The Hall–Kier alpha value is 1.18. The molecule has 0 aliphatic heterocycles. The minimum absolute atomic E-state index is 0. The van der Waals surface area contributed by atoms with E-state index in [9.17, 15) is 0 Å². The maximum absolute atomic E-state index is 6.75. The first-order valence-electron chi connectivity index (χ1n) is 0.632. The molecule has 0 aliphatic rings. The van der Waals surface area contributed by atoms with Gasteiger partial charge in [-0.25, -0.2) is 14.2 Å². The fourth-order valence-electron chi connectivity index (χ4n) is 0. The molecule has 0 radical (unpaired) electrons. The third-order valence-electron chi connectivity index (χ3n) is 0. The molecule has 0 atom stereocenters. The number of hydrogen-bond acceptors (Lipinski definition) is 2. The van der Waals surface area contributed by atoms with E-state index in [-0.39, 0.29) is 37.7 Å². The van der Waals surface area contributed by atoms with Crippen molar-refractivity contribution in [1.82, 2.24) is 0 Å². The second-order valence-corrected chi connectivity index (χ2v) is 0. The minimum atomic E-state index is 0. The zero-order valence-corrected chi connectivity index (χ0v) is 5.22. The maximum Gasteiger partial charge on any atom is 2.00 e. The number of rotatable bonds is 0. The van der Waals surface area contributed by atoms with Gasteiger partial charge in [0.2, 0.25) is 0 Å². The van der Waals surface area contributed by atoms with Crippen LogP contribution in [0.1, 0.15) is 0 Å². The molecular formula is C2H6CaO2. The van der Waals surface area contributed by atoms with Gasteiger partial charge in [0.1, 0.15) is 0 Å². The van der Waals surface area contributed by atoms with Crippen LogP contribution in [-0.2, 0) is 0 Å². The van der Waals surface area contributed by atoms with Crippen molar-refractivity contribution < 1.29 is 10.2 Å². The second kappa shape index (κ2) is 65.0. The molecule has 3 heteroatoms.